The molecule has 0 saturated heterocycles. The second kappa shape index (κ2) is 4.98. The first-order valence-corrected chi connectivity index (χ1v) is 6.25. The van der Waals surface area contributed by atoms with Gasteiger partial charge in [-0.2, -0.15) is 0 Å². The molecule has 0 spiro atoms. The minimum atomic E-state index is -0.124. The molecule has 94 valence electrons. The van der Waals surface area contributed by atoms with Gasteiger partial charge >= 0.3 is 0 Å². The molecule has 0 radical (unpaired) electrons. The normalized spacial score (nSPS) is 18.2. The summed E-state index contributed by atoms with van der Waals surface area (Å²) in [4.78, 5) is 4.72. The summed E-state index contributed by atoms with van der Waals surface area (Å²) < 4.78 is 0. The molecule has 3 heteroatoms. The number of nitrogens with two attached hydrogens (primary N) is 1. The van der Waals surface area contributed by atoms with E-state index < -0.39 is 0 Å². The van der Waals surface area contributed by atoms with Crippen molar-refractivity contribution in [2.75, 3.05) is 0 Å². The first kappa shape index (κ1) is 11.5. The van der Waals surface area contributed by atoms with Crippen LogP contribution in [0.2, 0.25) is 0 Å². The molecule has 1 unspecified atom stereocenters. The van der Waals surface area contributed by atoms with Gasteiger partial charge in [-0.25, -0.2) is 0 Å². The molecule has 1 atom stereocenters. The van der Waals surface area contributed by atoms with Gasteiger partial charge in [0.1, 0.15) is 12.0 Å². The number of hydrogen-bond acceptors (Lipinski definition) is 3. The van der Waals surface area contributed by atoms with Crippen LogP contribution in [0.25, 0.3) is 0 Å². The van der Waals surface area contributed by atoms with E-state index >= 15 is 0 Å². The molecule has 3 rings (SSSR count). The minimum Gasteiger partial charge on any atom is -0.385 e. The molecule has 1 aliphatic rings. The quantitative estimate of drug-likeness (QED) is 0.859. The third-order valence-electron chi connectivity index (χ3n) is 3.05. The molecule has 0 saturated carbocycles. The monoisotopic (exact) mass is 249 g/mol. The second-order valence-corrected chi connectivity index (χ2v) is 4.44. The van der Waals surface area contributed by atoms with E-state index in [9.17, 15) is 0 Å². The Labute approximate surface area is 112 Å². The highest BCUT2D eigenvalue weighted by Crippen LogP contribution is 2.20. The van der Waals surface area contributed by atoms with Crippen LogP contribution in [0, 0.1) is 0 Å². The van der Waals surface area contributed by atoms with E-state index in [0.29, 0.717) is 5.82 Å². The van der Waals surface area contributed by atoms with Crippen LogP contribution >= 0.6 is 0 Å². The van der Waals surface area contributed by atoms with Crippen LogP contribution in [-0.2, 0) is 0 Å². The van der Waals surface area contributed by atoms with Crippen molar-refractivity contribution in [3.63, 3.8) is 0 Å². The van der Waals surface area contributed by atoms with Gasteiger partial charge in [0.05, 0.1) is 5.71 Å². The fraction of sp³-hybridized carbons (Fsp3) is 0.0625. The van der Waals surface area contributed by atoms with E-state index in [1.807, 2.05) is 66.7 Å². The van der Waals surface area contributed by atoms with E-state index in [2.05, 4.69) is 5.32 Å². The lowest BCUT2D eigenvalue weighted by molar-refractivity contribution is 0.614. The Morgan fingerprint density at radius 3 is 2.21 bits per heavy atom. The summed E-state index contributed by atoms with van der Waals surface area (Å²) in [6.45, 7) is 0. The largest absolute Gasteiger partial charge is 0.385 e. The van der Waals surface area contributed by atoms with Gasteiger partial charge in [0.2, 0.25) is 0 Å². The van der Waals surface area contributed by atoms with Crippen LogP contribution < -0.4 is 11.1 Å². The summed E-state index contributed by atoms with van der Waals surface area (Å²) in [6.07, 6.45) is 1.75. The zero-order chi connectivity index (χ0) is 13.1. The second-order valence-electron chi connectivity index (χ2n) is 4.44. The Bertz CT molecular complexity index is 615. The van der Waals surface area contributed by atoms with Gasteiger partial charge in [-0.05, 0) is 11.1 Å². The Morgan fingerprint density at radius 2 is 1.53 bits per heavy atom. The van der Waals surface area contributed by atoms with Gasteiger partial charge in [-0.15, -0.1) is 0 Å². The zero-order valence-electron chi connectivity index (χ0n) is 10.5. The fourth-order valence-corrected chi connectivity index (χ4v) is 2.12. The zero-order valence-corrected chi connectivity index (χ0v) is 10.5. The number of nitrogens with zero attached hydrogens (tertiary/aromatic N) is 1. The molecule has 1 heterocycles. The molecule has 0 fully saturated rings. The number of benzene rings is 2. The van der Waals surface area contributed by atoms with Gasteiger partial charge in [0.25, 0.3) is 0 Å². The summed E-state index contributed by atoms with van der Waals surface area (Å²) >= 11 is 0. The molecule has 0 bridgehead atoms. The van der Waals surface area contributed by atoms with E-state index in [1.54, 1.807) is 0 Å². The van der Waals surface area contributed by atoms with Gasteiger partial charge in [0, 0.05) is 6.08 Å². The van der Waals surface area contributed by atoms with Crippen LogP contribution in [0.15, 0.2) is 77.6 Å². The maximum Gasteiger partial charge on any atom is 0.146 e. The molecule has 2 aromatic carbocycles. The van der Waals surface area contributed by atoms with Crippen molar-refractivity contribution in [2.24, 2.45) is 10.7 Å². The average molecular weight is 249 g/mol. The van der Waals surface area contributed by atoms with Gasteiger partial charge < -0.3 is 11.1 Å². The Morgan fingerprint density at radius 1 is 0.895 bits per heavy atom. The van der Waals surface area contributed by atoms with Crippen LogP contribution in [0.3, 0.4) is 0 Å². The summed E-state index contributed by atoms with van der Waals surface area (Å²) in [5, 5.41) is 3.18. The highest BCUT2D eigenvalue weighted by molar-refractivity contribution is 6.09. The molecule has 3 nitrogen and oxygen atoms in total. The standard InChI is InChI=1S/C16H15N3/c17-15-11-14(12-7-3-1-4-8-12)18-16(19-15)13-9-5-2-6-10-13/h1-11,16,19H,17H2. The topological polar surface area (TPSA) is 50.4 Å². The lowest BCUT2D eigenvalue weighted by Crippen LogP contribution is -2.29. The molecule has 19 heavy (non-hydrogen) atoms. The predicted molar refractivity (Wildman–Crippen MR) is 77.6 cm³/mol. The number of allylic oxidation sites excluding steroid dienone is 1. The smallest absolute Gasteiger partial charge is 0.146 e. The van der Waals surface area contributed by atoms with Crippen LogP contribution in [0.1, 0.15) is 17.3 Å². The van der Waals surface area contributed by atoms with E-state index in [0.717, 1.165) is 16.8 Å². The van der Waals surface area contributed by atoms with Crippen LogP contribution in [0.5, 0.6) is 0 Å². The maximum atomic E-state index is 5.96. The van der Waals surface area contributed by atoms with Gasteiger partial charge in [0.15, 0.2) is 0 Å². The third kappa shape index (κ3) is 2.50. The van der Waals surface area contributed by atoms with Crippen molar-refractivity contribution in [1.29, 1.82) is 0 Å². The van der Waals surface area contributed by atoms with Crippen molar-refractivity contribution in [3.05, 3.63) is 83.7 Å². The lowest BCUT2D eigenvalue weighted by Gasteiger charge is -2.22. The summed E-state index contributed by atoms with van der Waals surface area (Å²) in [7, 11) is 0. The third-order valence-corrected chi connectivity index (χ3v) is 3.05. The molecule has 1 aliphatic heterocycles. The van der Waals surface area contributed by atoms with Crippen LogP contribution in [0.4, 0.5) is 0 Å². The van der Waals surface area contributed by atoms with Crippen molar-refractivity contribution in [2.45, 2.75) is 6.17 Å². The van der Waals surface area contributed by atoms with Crippen molar-refractivity contribution >= 4 is 5.71 Å². The Hall–Kier alpha value is -2.55. The highest BCUT2D eigenvalue weighted by Gasteiger charge is 2.16. The van der Waals surface area contributed by atoms with E-state index in [-0.39, 0.29) is 6.17 Å². The first-order chi connectivity index (χ1) is 9.33. The molecule has 0 aliphatic carbocycles. The number of rotatable bonds is 2. The molecule has 0 amide bonds. The number of nitrogens with one attached hydrogen (secondary N) is 1. The number of aliphatic imine (C=N–C) groups is 1. The van der Waals surface area contributed by atoms with E-state index in [1.165, 1.54) is 0 Å². The fourth-order valence-electron chi connectivity index (χ4n) is 2.12. The van der Waals surface area contributed by atoms with E-state index in [4.69, 9.17) is 10.7 Å². The molecule has 3 N–H and O–H groups in total. The van der Waals surface area contributed by atoms with Gasteiger partial charge in [-0.1, -0.05) is 60.7 Å². The first-order valence-electron chi connectivity index (χ1n) is 6.25. The van der Waals surface area contributed by atoms with Crippen molar-refractivity contribution in [1.82, 2.24) is 5.32 Å². The Balaban J connectivity index is 1.98. The molecular formula is C16H15N3. The molecule has 2 aromatic rings. The molecular weight excluding hydrogens is 234 g/mol. The van der Waals surface area contributed by atoms with Crippen molar-refractivity contribution in [3.8, 4) is 0 Å². The number of hydrogen-bond donors (Lipinski definition) is 2. The van der Waals surface area contributed by atoms with Gasteiger partial charge in [-0.3, -0.25) is 4.99 Å². The summed E-state index contributed by atoms with van der Waals surface area (Å²) in [6, 6.07) is 20.2. The maximum absolute atomic E-state index is 5.96. The average Bonchev–Trinajstić information content (AvgIpc) is 2.48. The SMILES string of the molecule is NC1=CC(c2ccccc2)=NC(c2ccccc2)N1. The van der Waals surface area contributed by atoms with Crippen molar-refractivity contribution < 1.29 is 0 Å². The minimum absolute atomic E-state index is 0.124. The Kier molecular flexibility index (Phi) is 3.02. The summed E-state index contributed by atoms with van der Waals surface area (Å²) in [5.41, 5.74) is 9.05. The van der Waals surface area contributed by atoms with Crippen LogP contribution in [-0.4, -0.2) is 5.71 Å². The highest BCUT2D eigenvalue weighted by atomic mass is 15.1. The molecule has 0 aromatic heterocycles. The lowest BCUT2D eigenvalue weighted by atomic mass is 10.1. The predicted octanol–water partition coefficient (Wildman–Crippen LogP) is 2.58. The summed E-state index contributed by atoms with van der Waals surface area (Å²) in [5.74, 6) is 0.641.